The summed E-state index contributed by atoms with van der Waals surface area (Å²) in [5, 5.41) is 0. The molecule has 0 N–H and O–H groups in total. The SMILES string of the molecule is COc1ccc2c(c1)CCN1Cc3cc(OC)c(OS(=O)Cc4ccccc4)cc3CC21. The smallest absolute Gasteiger partial charge is 0.211 e. The van der Waals surface area contributed by atoms with Crippen molar-refractivity contribution in [1.29, 1.82) is 0 Å². The fourth-order valence-electron chi connectivity index (χ4n) is 4.77. The summed E-state index contributed by atoms with van der Waals surface area (Å²) < 4.78 is 29.6. The predicted octanol–water partition coefficient (Wildman–Crippen LogP) is 4.60. The van der Waals surface area contributed by atoms with E-state index >= 15 is 0 Å². The van der Waals surface area contributed by atoms with Gasteiger partial charge in [-0.15, -0.1) is 0 Å². The van der Waals surface area contributed by atoms with E-state index in [9.17, 15) is 4.21 Å². The molecule has 0 aliphatic carbocycles. The zero-order chi connectivity index (χ0) is 22.1. The van der Waals surface area contributed by atoms with E-state index < -0.39 is 11.1 Å². The minimum absolute atomic E-state index is 0.327. The summed E-state index contributed by atoms with van der Waals surface area (Å²) in [6.45, 7) is 1.89. The first-order chi connectivity index (χ1) is 15.6. The van der Waals surface area contributed by atoms with Gasteiger partial charge in [0, 0.05) is 19.1 Å². The Kier molecular flexibility index (Phi) is 5.89. The summed E-state index contributed by atoms with van der Waals surface area (Å²) in [5.41, 5.74) is 6.18. The number of nitrogens with zero attached hydrogens (tertiary/aromatic N) is 1. The van der Waals surface area contributed by atoms with Crippen LogP contribution in [0.1, 0.15) is 33.9 Å². The van der Waals surface area contributed by atoms with Crippen molar-refractivity contribution < 1.29 is 17.9 Å². The average molecular weight is 450 g/mol. The van der Waals surface area contributed by atoms with Gasteiger partial charge in [-0.2, -0.15) is 0 Å². The number of fused-ring (bicyclic) bond motifs is 4. The molecule has 3 aromatic carbocycles. The van der Waals surface area contributed by atoms with Crippen LogP contribution in [0.25, 0.3) is 0 Å². The molecule has 6 heteroatoms. The highest BCUT2D eigenvalue weighted by molar-refractivity contribution is 7.79. The van der Waals surface area contributed by atoms with Gasteiger partial charge < -0.3 is 13.7 Å². The van der Waals surface area contributed by atoms with Crippen LogP contribution in [0.3, 0.4) is 0 Å². The van der Waals surface area contributed by atoms with Gasteiger partial charge in [0.05, 0.1) is 20.0 Å². The highest BCUT2D eigenvalue weighted by atomic mass is 32.2. The fourth-order valence-corrected chi connectivity index (χ4v) is 5.62. The summed E-state index contributed by atoms with van der Waals surface area (Å²) >= 11 is -1.49. The van der Waals surface area contributed by atoms with Gasteiger partial charge >= 0.3 is 0 Å². The molecule has 2 atom stereocenters. The first-order valence-electron chi connectivity index (χ1n) is 10.9. The lowest BCUT2D eigenvalue weighted by atomic mass is 9.84. The molecule has 5 nitrogen and oxygen atoms in total. The first kappa shape index (κ1) is 21.0. The summed E-state index contributed by atoms with van der Waals surface area (Å²) in [5.74, 6) is 2.42. The van der Waals surface area contributed by atoms with Crippen LogP contribution in [0.2, 0.25) is 0 Å². The molecule has 0 saturated heterocycles. The van der Waals surface area contributed by atoms with E-state index in [1.165, 1.54) is 22.3 Å². The summed E-state index contributed by atoms with van der Waals surface area (Å²) in [6, 6.07) is 20.5. The van der Waals surface area contributed by atoms with Gasteiger partial charge in [-0.1, -0.05) is 36.4 Å². The number of hydrogen-bond acceptors (Lipinski definition) is 5. The van der Waals surface area contributed by atoms with Gasteiger partial charge in [-0.25, -0.2) is 4.21 Å². The zero-order valence-electron chi connectivity index (χ0n) is 18.4. The topological polar surface area (TPSA) is 48.0 Å². The van der Waals surface area contributed by atoms with Gasteiger partial charge in [0.15, 0.2) is 11.5 Å². The van der Waals surface area contributed by atoms with Crippen LogP contribution >= 0.6 is 0 Å². The molecule has 166 valence electrons. The zero-order valence-corrected chi connectivity index (χ0v) is 19.2. The van der Waals surface area contributed by atoms with Gasteiger partial charge in [0.2, 0.25) is 11.1 Å². The van der Waals surface area contributed by atoms with Crippen LogP contribution in [0, 0.1) is 0 Å². The second-order valence-corrected chi connectivity index (χ2v) is 9.36. The minimum Gasteiger partial charge on any atom is -0.497 e. The van der Waals surface area contributed by atoms with Crippen molar-refractivity contribution in [3.8, 4) is 17.2 Å². The molecule has 0 saturated carbocycles. The normalized spacial score (nSPS) is 18.1. The number of benzene rings is 3. The monoisotopic (exact) mass is 449 g/mol. The highest BCUT2D eigenvalue weighted by Gasteiger charge is 2.33. The molecule has 2 heterocycles. The second kappa shape index (κ2) is 8.96. The van der Waals surface area contributed by atoms with Gasteiger partial charge in [-0.3, -0.25) is 4.90 Å². The molecule has 0 amide bonds. The molecule has 0 bridgehead atoms. The molecule has 0 fully saturated rings. The molecule has 2 unspecified atom stereocenters. The Balaban J connectivity index is 1.41. The largest absolute Gasteiger partial charge is 0.497 e. The van der Waals surface area contributed by atoms with Crippen LogP contribution in [-0.4, -0.2) is 29.9 Å². The Morgan fingerprint density at radius 1 is 0.938 bits per heavy atom. The van der Waals surface area contributed by atoms with Crippen molar-refractivity contribution in [2.45, 2.75) is 31.2 Å². The molecule has 0 radical (unpaired) electrons. The van der Waals surface area contributed by atoms with Crippen LogP contribution in [0.15, 0.2) is 60.7 Å². The van der Waals surface area contributed by atoms with Crippen LogP contribution in [-0.2, 0) is 36.2 Å². The Bertz CT molecular complexity index is 1150. The fraction of sp³-hybridized carbons (Fsp3) is 0.308. The summed E-state index contributed by atoms with van der Waals surface area (Å²) in [4.78, 5) is 2.53. The first-order valence-corrected chi connectivity index (χ1v) is 12.1. The minimum atomic E-state index is -1.49. The Hall–Kier alpha value is -2.83. The summed E-state index contributed by atoms with van der Waals surface area (Å²) in [7, 11) is 3.34. The molecule has 0 aromatic heterocycles. The maximum atomic E-state index is 12.7. The van der Waals surface area contributed by atoms with Gasteiger partial charge in [0.1, 0.15) is 5.75 Å². The van der Waals surface area contributed by atoms with Crippen LogP contribution < -0.4 is 13.7 Å². The standard InChI is InChI=1S/C26H27NO4S/c1-29-22-8-9-23-19(12-22)10-11-27-16-21-15-25(30-2)26(14-20(21)13-24(23)27)31-32(28)17-18-6-4-3-5-7-18/h3-9,12,14-15,24H,10-11,13,16-17H2,1-2H3. The quantitative estimate of drug-likeness (QED) is 0.550. The number of rotatable bonds is 6. The van der Waals surface area contributed by atoms with Crippen molar-refractivity contribution in [2.24, 2.45) is 0 Å². The Labute approximate surface area is 191 Å². The molecule has 0 spiro atoms. The predicted molar refractivity (Wildman–Crippen MR) is 125 cm³/mol. The molecule has 2 aliphatic rings. The maximum Gasteiger partial charge on any atom is 0.211 e. The Morgan fingerprint density at radius 2 is 1.75 bits per heavy atom. The van der Waals surface area contributed by atoms with E-state index in [2.05, 4.69) is 17.0 Å². The lowest BCUT2D eigenvalue weighted by molar-refractivity contribution is 0.160. The highest BCUT2D eigenvalue weighted by Crippen LogP contribution is 2.42. The molecule has 3 aromatic rings. The third-order valence-corrected chi connectivity index (χ3v) is 7.34. The molecule has 2 aliphatic heterocycles. The van der Waals surface area contributed by atoms with E-state index in [-0.39, 0.29) is 0 Å². The van der Waals surface area contributed by atoms with Crippen molar-refractivity contribution in [2.75, 3.05) is 20.8 Å². The molecule has 5 rings (SSSR count). The number of hydrogen-bond donors (Lipinski definition) is 0. The van der Waals surface area contributed by atoms with Crippen LogP contribution in [0.4, 0.5) is 0 Å². The maximum absolute atomic E-state index is 12.7. The lowest BCUT2D eigenvalue weighted by Gasteiger charge is -2.41. The number of methoxy groups -OCH3 is 2. The lowest BCUT2D eigenvalue weighted by Crippen LogP contribution is -2.39. The van der Waals surface area contributed by atoms with E-state index in [0.717, 1.165) is 37.2 Å². The molecular formula is C26H27NO4S. The average Bonchev–Trinajstić information content (AvgIpc) is 2.82. The second-order valence-electron chi connectivity index (χ2n) is 8.29. The van der Waals surface area contributed by atoms with Gasteiger partial charge in [-0.05, 0) is 64.9 Å². The van der Waals surface area contributed by atoms with E-state index in [1.54, 1.807) is 14.2 Å². The molecule has 32 heavy (non-hydrogen) atoms. The van der Waals surface area contributed by atoms with E-state index in [0.29, 0.717) is 23.3 Å². The molecular weight excluding hydrogens is 422 g/mol. The summed E-state index contributed by atoms with van der Waals surface area (Å²) in [6.07, 6.45) is 1.91. The van der Waals surface area contributed by atoms with Crippen molar-refractivity contribution in [1.82, 2.24) is 4.90 Å². The number of ether oxygens (including phenoxy) is 2. The van der Waals surface area contributed by atoms with E-state index in [4.69, 9.17) is 13.7 Å². The third kappa shape index (κ3) is 4.12. The van der Waals surface area contributed by atoms with Gasteiger partial charge in [0.25, 0.3) is 0 Å². The Morgan fingerprint density at radius 3 is 2.53 bits per heavy atom. The van der Waals surface area contributed by atoms with Crippen molar-refractivity contribution in [3.63, 3.8) is 0 Å². The van der Waals surface area contributed by atoms with Crippen LogP contribution in [0.5, 0.6) is 17.2 Å². The van der Waals surface area contributed by atoms with Crippen molar-refractivity contribution in [3.05, 3.63) is 88.5 Å². The van der Waals surface area contributed by atoms with Crippen molar-refractivity contribution >= 4 is 11.1 Å². The third-order valence-electron chi connectivity index (χ3n) is 6.40. The van der Waals surface area contributed by atoms with E-state index in [1.807, 2.05) is 48.5 Å².